The second-order valence-electron chi connectivity index (χ2n) is 5.79. The second kappa shape index (κ2) is 9.66. The molecule has 0 bridgehead atoms. The van der Waals surface area contributed by atoms with Crippen molar-refractivity contribution < 1.29 is 4.74 Å². The lowest BCUT2D eigenvalue weighted by Crippen LogP contribution is -2.01. The zero-order chi connectivity index (χ0) is 19.4. The summed E-state index contributed by atoms with van der Waals surface area (Å²) in [5, 5.41) is 4.41. The smallest absolute Gasteiger partial charge is 0.148 e. The van der Waals surface area contributed by atoms with Gasteiger partial charge in [-0.2, -0.15) is 0 Å². The average molecular weight is 595 g/mol. The monoisotopic (exact) mass is 591 g/mol. The number of benzene rings is 3. The first-order chi connectivity index (χ1) is 12.9. The van der Waals surface area contributed by atoms with Gasteiger partial charge in [0.15, 0.2) is 0 Å². The summed E-state index contributed by atoms with van der Waals surface area (Å²) < 4.78 is 8.80. The Morgan fingerprint density at radius 3 is 2.07 bits per heavy atom. The molecule has 0 unspecified atom stereocenters. The van der Waals surface area contributed by atoms with Gasteiger partial charge in [-0.1, -0.05) is 51.3 Å². The van der Waals surface area contributed by atoms with Gasteiger partial charge in [0.25, 0.3) is 0 Å². The van der Waals surface area contributed by atoms with Crippen molar-refractivity contribution in [3.63, 3.8) is 0 Å². The molecule has 0 saturated carbocycles. The van der Waals surface area contributed by atoms with E-state index in [2.05, 4.69) is 53.1 Å². The summed E-state index contributed by atoms with van der Waals surface area (Å²) in [6.45, 7) is 1.13. The van der Waals surface area contributed by atoms with Crippen molar-refractivity contribution in [2.24, 2.45) is 0 Å². The van der Waals surface area contributed by atoms with Crippen LogP contribution >= 0.6 is 71.0 Å². The van der Waals surface area contributed by atoms with E-state index in [1.165, 1.54) is 0 Å². The lowest BCUT2D eigenvalue weighted by molar-refractivity contribution is 0.302. The van der Waals surface area contributed by atoms with Gasteiger partial charge in [0.05, 0.1) is 19.0 Å². The number of anilines is 1. The topological polar surface area (TPSA) is 21.3 Å². The van der Waals surface area contributed by atoms with Gasteiger partial charge < -0.3 is 10.1 Å². The molecule has 0 aliphatic heterocycles. The fraction of sp³-hybridized carbons (Fsp3) is 0.100. The summed E-state index contributed by atoms with van der Waals surface area (Å²) >= 11 is 22.6. The van der Waals surface area contributed by atoms with Crippen molar-refractivity contribution in [3.05, 3.63) is 89.2 Å². The first kappa shape index (κ1) is 21.0. The highest BCUT2D eigenvalue weighted by Crippen LogP contribution is 2.36. The molecule has 140 valence electrons. The van der Waals surface area contributed by atoms with E-state index in [1.54, 1.807) is 6.07 Å². The third-order valence-corrected chi connectivity index (χ3v) is 6.22. The molecule has 0 saturated heterocycles. The molecule has 0 radical (unpaired) electrons. The van der Waals surface area contributed by atoms with Gasteiger partial charge in [0, 0.05) is 16.7 Å². The van der Waals surface area contributed by atoms with Crippen LogP contribution in [0, 0.1) is 0 Å². The molecule has 0 aromatic heterocycles. The first-order valence-corrected chi connectivity index (χ1v) is 11.1. The predicted octanol–water partition coefficient (Wildman–Crippen LogP) is 8.47. The zero-order valence-corrected chi connectivity index (χ0v) is 20.2. The summed E-state index contributed by atoms with van der Waals surface area (Å²) in [7, 11) is 0. The van der Waals surface area contributed by atoms with Gasteiger partial charge in [-0.25, -0.2) is 0 Å². The first-order valence-electron chi connectivity index (χ1n) is 7.96. The van der Waals surface area contributed by atoms with Crippen molar-refractivity contribution in [2.75, 3.05) is 5.32 Å². The molecule has 0 spiro atoms. The van der Waals surface area contributed by atoms with Crippen LogP contribution in [0.4, 0.5) is 5.69 Å². The van der Waals surface area contributed by atoms with E-state index in [0.29, 0.717) is 23.2 Å². The number of hydrogen-bond donors (Lipinski definition) is 1. The molecular weight excluding hydrogens is 581 g/mol. The molecule has 0 atom stereocenters. The summed E-state index contributed by atoms with van der Waals surface area (Å²) in [6.07, 6.45) is 0. The predicted molar refractivity (Wildman–Crippen MR) is 124 cm³/mol. The normalized spacial score (nSPS) is 10.7. The molecule has 3 aromatic rings. The molecule has 0 heterocycles. The Morgan fingerprint density at radius 2 is 1.44 bits per heavy atom. The molecule has 0 aliphatic carbocycles. The van der Waals surface area contributed by atoms with E-state index in [4.69, 9.17) is 27.9 Å². The van der Waals surface area contributed by atoms with E-state index in [9.17, 15) is 0 Å². The Bertz CT molecular complexity index is 925. The Balaban J connectivity index is 1.66. The van der Waals surface area contributed by atoms with E-state index < -0.39 is 0 Å². The molecule has 2 nitrogen and oxygen atoms in total. The number of nitrogens with one attached hydrogen (secondary N) is 1. The van der Waals surface area contributed by atoms with Gasteiger partial charge in [-0.05, 0) is 85.5 Å². The van der Waals surface area contributed by atoms with Crippen LogP contribution in [0.25, 0.3) is 0 Å². The highest BCUT2D eigenvalue weighted by molar-refractivity contribution is 9.11. The molecule has 27 heavy (non-hydrogen) atoms. The van der Waals surface area contributed by atoms with Crippen LogP contribution in [0.3, 0.4) is 0 Å². The second-order valence-corrected chi connectivity index (χ2v) is 9.22. The zero-order valence-electron chi connectivity index (χ0n) is 13.9. The third kappa shape index (κ3) is 5.88. The van der Waals surface area contributed by atoms with Gasteiger partial charge in [0.2, 0.25) is 0 Å². The quantitative estimate of drug-likeness (QED) is 0.309. The van der Waals surface area contributed by atoms with Crippen molar-refractivity contribution in [3.8, 4) is 5.75 Å². The molecule has 0 aliphatic rings. The fourth-order valence-electron chi connectivity index (χ4n) is 2.40. The minimum Gasteiger partial charge on any atom is -0.487 e. The Hall–Kier alpha value is -0.720. The van der Waals surface area contributed by atoms with Crippen LogP contribution in [0.2, 0.25) is 10.0 Å². The molecule has 7 heteroatoms. The molecule has 0 amide bonds. The average Bonchev–Trinajstić information content (AvgIpc) is 2.63. The highest BCUT2D eigenvalue weighted by atomic mass is 79.9. The van der Waals surface area contributed by atoms with Gasteiger partial charge in [-0.3, -0.25) is 0 Å². The summed E-state index contributed by atoms with van der Waals surface area (Å²) in [5.74, 6) is 0.774. The Morgan fingerprint density at radius 1 is 0.778 bits per heavy atom. The maximum Gasteiger partial charge on any atom is 0.148 e. The lowest BCUT2D eigenvalue weighted by atomic mass is 10.2. The number of rotatable bonds is 6. The number of ether oxygens (including phenoxy) is 1. The molecular formula is C20H14Br3Cl2NO. The van der Waals surface area contributed by atoms with Crippen LogP contribution in [0.5, 0.6) is 5.75 Å². The lowest BCUT2D eigenvalue weighted by Gasteiger charge is -2.13. The van der Waals surface area contributed by atoms with Crippen molar-refractivity contribution in [2.45, 2.75) is 13.2 Å². The van der Waals surface area contributed by atoms with Crippen LogP contribution in [-0.2, 0) is 13.2 Å². The SMILES string of the molecule is Clc1ccc(NCc2cc(Br)c(OCc3ccc(Br)cc3)c(Br)c2)cc1Cl. The number of hydrogen-bond acceptors (Lipinski definition) is 2. The van der Waals surface area contributed by atoms with Crippen LogP contribution < -0.4 is 10.1 Å². The summed E-state index contributed by atoms with van der Waals surface area (Å²) in [4.78, 5) is 0. The standard InChI is InChI=1S/C20H14Br3Cl2NO/c21-14-3-1-12(2-4-14)11-27-20-16(22)7-13(8-17(20)23)10-26-15-5-6-18(24)19(25)9-15/h1-9,26H,10-11H2. The highest BCUT2D eigenvalue weighted by Gasteiger charge is 2.10. The van der Waals surface area contributed by atoms with Gasteiger partial charge >= 0.3 is 0 Å². The minimum absolute atomic E-state index is 0.491. The summed E-state index contributed by atoms with van der Waals surface area (Å²) in [6, 6.07) is 17.6. The van der Waals surface area contributed by atoms with Crippen molar-refractivity contribution >= 4 is 76.7 Å². The van der Waals surface area contributed by atoms with Crippen LogP contribution in [0.1, 0.15) is 11.1 Å². The van der Waals surface area contributed by atoms with Crippen LogP contribution in [0.15, 0.2) is 68.0 Å². The largest absolute Gasteiger partial charge is 0.487 e. The Labute approximate surface area is 193 Å². The summed E-state index contributed by atoms with van der Waals surface area (Å²) in [5.41, 5.74) is 3.10. The molecule has 3 rings (SSSR count). The Kier molecular flexibility index (Phi) is 7.51. The fourth-order valence-corrected chi connectivity index (χ4v) is 4.47. The van der Waals surface area contributed by atoms with E-state index in [-0.39, 0.29) is 0 Å². The third-order valence-electron chi connectivity index (χ3n) is 3.77. The molecule has 0 fully saturated rings. The van der Waals surface area contributed by atoms with E-state index >= 15 is 0 Å². The number of halogens is 5. The van der Waals surface area contributed by atoms with Gasteiger partial charge in [0.1, 0.15) is 12.4 Å². The molecule has 1 N–H and O–H groups in total. The maximum absolute atomic E-state index is 6.05. The molecule has 3 aromatic carbocycles. The minimum atomic E-state index is 0.491. The van der Waals surface area contributed by atoms with Crippen molar-refractivity contribution in [1.29, 1.82) is 0 Å². The van der Waals surface area contributed by atoms with E-state index in [0.717, 1.165) is 36.0 Å². The maximum atomic E-state index is 6.05. The van der Waals surface area contributed by atoms with Crippen molar-refractivity contribution in [1.82, 2.24) is 0 Å². The van der Waals surface area contributed by atoms with Gasteiger partial charge in [-0.15, -0.1) is 0 Å². The van der Waals surface area contributed by atoms with E-state index in [1.807, 2.05) is 48.5 Å². The van der Waals surface area contributed by atoms with Crippen LogP contribution in [-0.4, -0.2) is 0 Å².